The molecule has 2 aliphatic rings. The lowest BCUT2D eigenvalue weighted by Crippen LogP contribution is -2.50. The molecule has 0 atom stereocenters. The molecule has 0 bridgehead atoms. The quantitative estimate of drug-likeness (QED) is 0.338. The van der Waals surface area contributed by atoms with E-state index < -0.39 is 16.5 Å². The summed E-state index contributed by atoms with van der Waals surface area (Å²) in [7, 11) is 0. The molecule has 0 radical (unpaired) electrons. The van der Waals surface area contributed by atoms with Crippen molar-refractivity contribution in [1.82, 2.24) is 14.5 Å². The molecule has 1 aliphatic carbocycles. The maximum Gasteiger partial charge on any atom is 0.410 e. The van der Waals surface area contributed by atoms with Crippen molar-refractivity contribution in [2.45, 2.75) is 58.6 Å². The van der Waals surface area contributed by atoms with Crippen molar-refractivity contribution < 1.29 is 28.7 Å². The maximum atomic E-state index is 15.2. The van der Waals surface area contributed by atoms with Crippen LogP contribution >= 0.6 is 0 Å². The Morgan fingerprint density at radius 1 is 1.12 bits per heavy atom. The lowest BCUT2D eigenvalue weighted by molar-refractivity contribution is -0.384. The number of imidazole rings is 1. The maximum absolute atomic E-state index is 15.2. The summed E-state index contributed by atoms with van der Waals surface area (Å²) in [5.41, 5.74) is 2.41. The molecular weight excluding hydrogens is 521 g/mol. The average molecular weight is 556 g/mol. The summed E-state index contributed by atoms with van der Waals surface area (Å²) in [5, 5.41) is 18.4. The minimum atomic E-state index is -0.833. The molecule has 1 aliphatic heterocycles. The number of nitro groups is 1. The fraction of sp³-hybridized carbons (Fsp3) is 0.464. The minimum Gasteiger partial charge on any atom is -0.481 e. The second-order valence-corrected chi connectivity index (χ2v) is 11.0. The van der Waals surface area contributed by atoms with Crippen LogP contribution in [0, 0.1) is 15.9 Å². The number of anilines is 1. The molecule has 2 aromatic carbocycles. The number of benzene rings is 2. The second kappa shape index (κ2) is 11.5. The first-order chi connectivity index (χ1) is 18.8. The van der Waals surface area contributed by atoms with Gasteiger partial charge in [-0.25, -0.2) is 14.2 Å². The highest BCUT2D eigenvalue weighted by atomic mass is 19.1. The lowest BCUT2D eigenvalue weighted by Gasteiger charge is -2.36. The largest absolute Gasteiger partial charge is 0.481 e. The number of nitrogens with zero attached hydrogens (tertiary/aromatic N) is 5. The van der Waals surface area contributed by atoms with Crippen molar-refractivity contribution in [1.29, 1.82) is 0 Å². The normalized spacial score (nSPS) is 15.4. The topological polar surface area (TPSA) is 131 Å². The first kappa shape index (κ1) is 28.8. The van der Waals surface area contributed by atoms with Gasteiger partial charge in [-0.2, -0.15) is 0 Å². The predicted molar refractivity (Wildman–Crippen MR) is 147 cm³/mol. The van der Waals surface area contributed by atoms with Gasteiger partial charge in [0.05, 0.1) is 21.6 Å². The fourth-order valence-corrected chi connectivity index (χ4v) is 4.64. The molecule has 0 unspecified atom stereocenters. The number of nitro benzene ring substituents is 1. The second-order valence-electron chi connectivity index (χ2n) is 11.0. The zero-order valence-corrected chi connectivity index (χ0v) is 23.1. The van der Waals surface area contributed by atoms with Crippen LogP contribution < -0.4 is 4.90 Å². The van der Waals surface area contributed by atoms with E-state index in [-0.39, 0.29) is 17.6 Å². The van der Waals surface area contributed by atoms with Crippen molar-refractivity contribution in [3.8, 4) is 0 Å². The molecule has 1 N–H and O–H groups in total. The molecule has 11 nitrogen and oxygen atoms in total. The van der Waals surface area contributed by atoms with Crippen LogP contribution in [0.4, 0.5) is 20.6 Å². The van der Waals surface area contributed by atoms with Crippen molar-refractivity contribution in [3.63, 3.8) is 0 Å². The van der Waals surface area contributed by atoms with Gasteiger partial charge < -0.3 is 24.2 Å². The number of ether oxygens (including phenoxy) is 1. The lowest BCUT2D eigenvalue weighted by atomic mass is 10.1. The number of amides is 1. The molecule has 214 valence electrons. The predicted octanol–water partition coefficient (Wildman–Crippen LogP) is 5.16. The molecule has 1 aromatic heterocycles. The van der Waals surface area contributed by atoms with Crippen LogP contribution in [0.5, 0.6) is 0 Å². The Kier molecular flexibility index (Phi) is 8.26. The molecule has 2 heterocycles. The highest BCUT2D eigenvalue weighted by molar-refractivity contribution is 5.81. The number of carbonyl (C=O) groups excluding carboxylic acids is 1. The number of aliphatic carboxylic acids is 1. The smallest absolute Gasteiger partial charge is 0.410 e. The van der Waals surface area contributed by atoms with E-state index in [0.29, 0.717) is 49.8 Å². The summed E-state index contributed by atoms with van der Waals surface area (Å²) in [5.74, 6) is -0.344. The van der Waals surface area contributed by atoms with Crippen molar-refractivity contribution in [2.24, 2.45) is 0 Å². The monoisotopic (exact) mass is 555 g/mol. The molecule has 12 heteroatoms. The molecule has 5 rings (SSSR count). The number of aromatic nitrogens is 2. The van der Waals surface area contributed by atoms with Gasteiger partial charge in [0.25, 0.3) is 11.7 Å². The van der Waals surface area contributed by atoms with E-state index in [2.05, 4.69) is 4.57 Å². The van der Waals surface area contributed by atoms with Crippen LogP contribution in [0.15, 0.2) is 36.4 Å². The van der Waals surface area contributed by atoms with Crippen LogP contribution in [0.1, 0.15) is 58.0 Å². The Morgan fingerprint density at radius 3 is 2.25 bits per heavy atom. The third kappa shape index (κ3) is 7.04. The van der Waals surface area contributed by atoms with E-state index in [1.54, 1.807) is 17.0 Å². The van der Waals surface area contributed by atoms with E-state index >= 15 is 4.39 Å². The van der Waals surface area contributed by atoms with E-state index in [9.17, 15) is 14.9 Å². The van der Waals surface area contributed by atoms with Crippen LogP contribution in [-0.2, 0) is 16.0 Å². The van der Waals surface area contributed by atoms with Crippen molar-refractivity contribution in [3.05, 3.63) is 63.7 Å². The molecular formula is C28H34FN5O6. The number of hydrogen-bond donors (Lipinski definition) is 1. The van der Waals surface area contributed by atoms with E-state index in [0.717, 1.165) is 36.7 Å². The summed E-state index contributed by atoms with van der Waals surface area (Å²) in [6.07, 6.45) is 2.25. The molecule has 1 amide bonds. The summed E-state index contributed by atoms with van der Waals surface area (Å²) in [6.45, 7) is 8.53. The van der Waals surface area contributed by atoms with Gasteiger partial charge >= 0.3 is 6.09 Å². The Labute approximate surface area is 231 Å². The number of carboxylic acid groups (broad SMARTS) is 1. The van der Waals surface area contributed by atoms with Gasteiger partial charge in [0, 0.05) is 63.8 Å². The van der Waals surface area contributed by atoms with E-state index in [1.807, 2.05) is 31.7 Å². The summed E-state index contributed by atoms with van der Waals surface area (Å²) >= 11 is 0. The Balaban J connectivity index is 0.000000867. The van der Waals surface area contributed by atoms with Crippen LogP contribution in [-0.4, -0.2) is 68.3 Å². The number of rotatable bonds is 5. The molecule has 40 heavy (non-hydrogen) atoms. The minimum absolute atomic E-state index is 0.0490. The number of hydrogen-bond acceptors (Lipinski definition) is 7. The third-order valence-electron chi connectivity index (χ3n) is 6.52. The van der Waals surface area contributed by atoms with Gasteiger partial charge in [-0.05, 0) is 45.2 Å². The van der Waals surface area contributed by atoms with Crippen molar-refractivity contribution in [2.75, 3.05) is 31.1 Å². The van der Waals surface area contributed by atoms with Crippen molar-refractivity contribution >= 4 is 34.5 Å². The van der Waals surface area contributed by atoms with Gasteiger partial charge in [-0.1, -0.05) is 12.1 Å². The first-order valence-electron chi connectivity index (χ1n) is 13.2. The number of piperazine rings is 1. The zero-order valence-electron chi connectivity index (χ0n) is 23.1. The van der Waals surface area contributed by atoms with Crippen LogP contribution in [0.3, 0.4) is 0 Å². The zero-order chi connectivity index (χ0) is 29.2. The van der Waals surface area contributed by atoms with Crippen LogP contribution in [0.2, 0.25) is 0 Å². The molecule has 3 aromatic rings. The summed E-state index contributed by atoms with van der Waals surface area (Å²) < 4.78 is 22.9. The van der Waals surface area contributed by atoms with Gasteiger partial charge in [0.2, 0.25) is 0 Å². The number of carbonyl (C=O) groups is 2. The van der Waals surface area contributed by atoms with E-state index in [1.165, 1.54) is 18.2 Å². The molecule has 0 spiro atoms. The molecule has 1 saturated heterocycles. The number of non-ortho nitro benzene ring substituents is 1. The van der Waals surface area contributed by atoms with Gasteiger partial charge in [-0.3, -0.25) is 14.9 Å². The Hall–Kier alpha value is -4.22. The van der Waals surface area contributed by atoms with E-state index in [4.69, 9.17) is 19.6 Å². The van der Waals surface area contributed by atoms with Gasteiger partial charge in [0.1, 0.15) is 17.2 Å². The summed E-state index contributed by atoms with van der Waals surface area (Å²) in [6, 6.07) is 10.2. The Bertz CT molecular complexity index is 1400. The third-order valence-corrected chi connectivity index (χ3v) is 6.52. The first-order valence-corrected chi connectivity index (χ1v) is 13.2. The van der Waals surface area contributed by atoms with Gasteiger partial charge in [0.15, 0.2) is 0 Å². The number of carboxylic acids is 1. The standard InChI is InChI=1S/C26H30FN5O4.C2H4O2/c1-26(2,3)36-25(33)30-12-10-29(11-13-30)22-16-23-21(15-20(22)27)28-24(31(23)18-8-9-18)14-17-4-6-19(7-5-17)32(34)35;1-2(3)4/h4-7,15-16,18H,8-14H2,1-3H3;1H3,(H,3,4). The van der Waals surface area contributed by atoms with Crippen LogP contribution in [0.25, 0.3) is 11.0 Å². The Morgan fingerprint density at radius 2 is 1.73 bits per heavy atom. The summed E-state index contributed by atoms with van der Waals surface area (Å²) in [4.78, 5) is 40.3. The van der Waals surface area contributed by atoms with Gasteiger partial charge in [-0.15, -0.1) is 0 Å². The SMILES string of the molecule is CC(=O)O.CC(C)(C)OC(=O)N1CCN(c2cc3c(cc2F)nc(Cc2ccc([N+](=O)[O-])cc2)n3C2CC2)CC1. The highest BCUT2D eigenvalue weighted by Crippen LogP contribution is 2.40. The fourth-order valence-electron chi connectivity index (χ4n) is 4.64. The average Bonchev–Trinajstić information content (AvgIpc) is 3.64. The highest BCUT2D eigenvalue weighted by Gasteiger charge is 2.31. The molecule has 2 fully saturated rings. The molecule has 1 saturated carbocycles. The number of fused-ring (bicyclic) bond motifs is 1. The number of halogens is 1.